The highest BCUT2D eigenvalue weighted by Gasteiger charge is 2.24. The Bertz CT molecular complexity index is 1230. The van der Waals surface area contributed by atoms with E-state index in [9.17, 15) is 9.59 Å². The monoisotopic (exact) mass is 445 g/mol. The minimum absolute atomic E-state index is 0.159. The molecule has 3 aromatic rings. The first-order valence-electron chi connectivity index (χ1n) is 10.3. The molecule has 1 N–H and O–H groups in total. The number of hydrogen-bond acceptors (Lipinski definition) is 5. The first-order valence-corrected chi connectivity index (χ1v) is 11.1. The van der Waals surface area contributed by atoms with Crippen molar-refractivity contribution in [2.45, 2.75) is 20.8 Å². The fourth-order valence-corrected chi connectivity index (χ4v) is 4.37. The molecule has 0 spiro atoms. The number of hydrogen-bond donors (Lipinski definition) is 1. The highest BCUT2D eigenvalue weighted by molar-refractivity contribution is 8.18. The molecule has 1 aliphatic rings. The fourth-order valence-electron chi connectivity index (χ4n) is 3.53. The number of esters is 1. The Balaban J connectivity index is 1.59. The fraction of sp³-hybridized carbons (Fsp3) is 0.160. The minimum atomic E-state index is -0.331. The van der Waals surface area contributed by atoms with E-state index in [1.54, 1.807) is 19.1 Å². The molecular weight excluding hydrogens is 422 g/mol. The third-order valence-electron chi connectivity index (χ3n) is 5.03. The average molecular weight is 446 g/mol. The Morgan fingerprint density at radius 1 is 1.12 bits per heavy atom. The quantitative estimate of drug-likeness (QED) is 0.435. The van der Waals surface area contributed by atoms with E-state index in [2.05, 4.69) is 14.9 Å². The van der Waals surface area contributed by atoms with Gasteiger partial charge in [-0.2, -0.15) is 0 Å². The van der Waals surface area contributed by atoms with Crippen molar-refractivity contribution in [3.63, 3.8) is 0 Å². The molecule has 6 nitrogen and oxygen atoms in total. The second-order valence-corrected chi connectivity index (χ2v) is 8.28. The van der Waals surface area contributed by atoms with Crippen LogP contribution in [0.2, 0.25) is 0 Å². The van der Waals surface area contributed by atoms with Gasteiger partial charge in [0.2, 0.25) is 0 Å². The van der Waals surface area contributed by atoms with Crippen LogP contribution < -0.4 is 5.32 Å². The molecule has 4 rings (SSSR count). The number of aromatic nitrogens is 1. The summed E-state index contributed by atoms with van der Waals surface area (Å²) < 4.78 is 7.15. The summed E-state index contributed by atoms with van der Waals surface area (Å²) >= 11 is 1.33. The van der Waals surface area contributed by atoms with E-state index in [0.29, 0.717) is 22.2 Å². The lowest BCUT2D eigenvalue weighted by Crippen LogP contribution is -2.19. The molecule has 1 aromatic heterocycles. The van der Waals surface area contributed by atoms with Crippen LogP contribution in [-0.2, 0) is 9.53 Å². The van der Waals surface area contributed by atoms with Crippen molar-refractivity contribution in [1.82, 2.24) is 9.88 Å². The number of amidine groups is 1. The van der Waals surface area contributed by atoms with Crippen molar-refractivity contribution in [1.29, 1.82) is 0 Å². The summed E-state index contributed by atoms with van der Waals surface area (Å²) in [7, 11) is 0. The van der Waals surface area contributed by atoms with Gasteiger partial charge >= 0.3 is 5.97 Å². The van der Waals surface area contributed by atoms with Gasteiger partial charge in [0.15, 0.2) is 5.17 Å². The lowest BCUT2D eigenvalue weighted by Gasteiger charge is -2.10. The van der Waals surface area contributed by atoms with E-state index in [0.717, 1.165) is 28.3 Å². The van der Waals surface area contributed by atoms with E-state index in [4.69, 9.17) is 4.74 Å². The van der Waals surface area contributed by atoms with Crippen LogP contribution in [0.1, 0.15) is 34.2 Å². The number of carbonyl (C=O) groups is 2. The van der Waals surface area contributed by atoms with Crippen molar-refractivity contribution in [3.05, 3.63) is 88.1 Å². The lowest BCUT2D eigenvalue weighted by atomic mass is 10.2. The van der Waals surface area contributed by atoms with Crippen molar-refractivity contribution >= 4 is 40.6 Å². The molecule has 1 saturated heterocycles. The SMILES string of the molecule is CCOC(=O)c1ccc(-n2c(C)cc(/C=C3/SC(=Nc4ccccc4)NC3=O)c2C)cc1. The first-order chi connectivity index (χ1) is 15.5. The van der Waals surface area contributed by atoms with E-state index in [-0.39, 0.29) is 11.9 Å². The van der Waals surface area contributed by atoms with Crippen LogP contribution in [0.15, 0.2) is 70.6 Å². The molecule has 0 aliphatic carbocycles. The largest absolute Gasteiger partial charge is 0.462 e. The van der Waals surface area contributed by atoms with Gasteiger partial charge in [-0.15, -0.1) is 0 Å². The predicted octanol–water partition coefficient (Wildman–Crippen LogP) is 5.16. The van der Waals surface area contributed by atoms with Crippen LogP contribution in [0.5, 0.6) is 0 Å². The van der Waals surface area contributed by atoms with E-state index >= 15 is 0 Å². The number of rotatable bonds is 5. The molecule has 1 aliphatic heterocycles. The number of ether oxygens (including phenoxy) is 1. The molecule has 0 saturated carbocycles. The second kappa shape index (κ2) is 9.28. The summed E-state index contributed by atoms with van der Waals surface area (Å²) in [5, 5.41) is 3.39. The van der Waals surface area contributed by atoms with E-state index in [1.807, 2.05) is 68.5 Å². The second-order valence-electron chi connectivity index (χ2n) is 7.25. The Morgan fingerprint density at radius 3 is 2.53 bits per heavy atom. The minimum Gasteiger partial charge on any atom is -0.462 e. The standard InChI is InChI=1S/C25H23N3O3S/c1-4-31-24(30)18-10-12-21(13-11-18)28-16(2)14-19(17(28)3)15-22-23(29)27-25(32-22)26-20-8-6-5-7-9-20/h5-15H,4H2,1-3H3,(H,26,27,29)/b22-15+. The van der Waals surface area contributed by atoms with Gasteiger partial charge in [0.1, 0.15) is 0 Å². The summed E-state index contributed by atoms with van der Waals surface area (Å²) in [5.41, 5.74) is 5.23. The summed E-state index contributed by atoms with van der Waals surface area (Å²) in [6, 6.07) is 18.9. The molecule has 1 amide bonds. The van der Waals surface area contributed by atoms with Crippen LogP contribution >= 0.6 is 11.8 Å². The average Bonchev–Trinajstić information content (AvgIpc) is 3.27. The lowest BCUT2D eigenvalue weighted by molar-refractivity contribution is -0.115. The van der Waals surface area contributed by atoms with Gasteiger partial charge in [-0.25, -0.2) is 9.79 Å². The van der Waals surface area contributed by atoms with Gasteiger partial charge in [-0.05, 0) is 86.6 Å². The Hall–Kier alpha value is -3.58. The van der Waals surface area contributed by atoms with Gasteiger partial charge in [-0.1, -0.05) is 18.2 Å². The number of benzene rings is 2. The van der Waals surface area contributed by atoms with Gasteiger partial charge in [-0.3, -0.25) is 4.79 Å². The zero-order chi connectivity index (χ0) is 22.7. The maximum atomic E-state index is 12.5. The molecule has 0 atom stereocenters. The topological polar surface area (TPSA) is 72.7 Å². The summed E-state index contributed by atoms with van der Waals surface area (Å²) in [5.74, 6) is -0.490. The van der Waals surface area contributed by atoms with Crippen molar-refractivity contribution in [3.8, 4) is 5.69 Å². The summed E-state index contributed by atoms with van der Waals surface area (Å²) in [4.78, 5) is 29.5. The molecule has 0 bridgehead atoms. The van der Waals surface area contributed by atoms with Crippen LogP contribution in [0.4, 0.5) is 5.69 Å². The maximum absolute atomic E-state index is 12.5. The maximum Gasteiger partial charge on any atom is 0.338 e. The zero-order valence-electron chi connectivity index (χ0n) is 18.1. The third-order valence-corrected chi connectivity index (χ3v) is 5.94. The molecule has 7 heteroatoms. The van der Waals surface area contributed by atoms with E-state index < -0.39 is 0 Å². The predicted molar refractivity (Wildman–Crippen MR) is 128 cm³/mol. The number of nitrogens with one attached hydrogen (secondary N) is 1. The number of nitrogens with zero attached hydrogens (tertiary/aromatic N) is 2. The summed E-state index contributed by atoms with van der Waals surface area (Å²) in [6.07, 6.45) is 1.89. The number of aryl methyl sites for hydroxylation is 1. The Kier molecular flexibility index (Phi) is 6.28. The molecular formula is C25H23N3O3S. The highest BCUT2D eigenvalue weighted by Crippen LogP contribution is 2.30. The Morgan fingerprint density at radius 2 is 1.84 bits per heavy atom. The number of aliphatic imine (C=N–C) groups is 1. The Labute approximate surface area is 191 Å². The van der Waals surface area contributed by atoms with Crippen molar-refractivity contribution < 1.29 is 14.3 Å². The molecule has 1 fully saturated rings. The molecule has 0 radical (unpaired) electrons. The van der Waals surface area contributed by atoms with Crippen LogP contribution in [0, 0.1) is 13.8 Å². The van der Waals surface area contributed by atoms with Crippen LogP contribution in [0.3, 0.4) is 0 Å². The van der Waals surface area contributed by atoms with Gasteiger partial charge in [0.05, 0.1) is 22.8 Å². The molecule has 162 valence electrons. The van der Waals surface area contributed by atoms with Crippen molar-refractivity contribution in [2.75, 3.05) is 6.61 Å². The van der Waals surface area contributed by atoms with Gasteiger partial charge < -0.3 is 14.6 Å². The number of para-hydroxylation sites is 1. The third kappa shape index (κ3) is 4.53. The number of thioether (sulfide) groups is 1. The molecule has 2 aromatic carbocycles. The zero-order valence-corrected chi connectivity index (χ0v) is 18.9. The summed E-state index contributed by atoms with van der Waals surface area (Å²) in [6.45, 7) is 6.15. The van der Waals surface area contributed by atoms with Crippen molar-refractivity contribution in [2.24, 2.45) is 4.99 Å². The van der Waals surface area contributed by atoms with Crippen LogP contribution in [0.25, 0.3) is 11.8 Å². The molecule has 0 unspecified atom stereocenters. The number of carbonyl (C=O) groups excluding carboxylic acids is 2. The van der Waals surface area contributed by atoms with E-state index in [1.165, 1.54) is 11.8 Å². The number of amides is 1. The molecule has 32 heavy (non-hydrogen) atoms. The highest BCUT2D eigenvalue weighted by atomic mass is 32.2. The molecule has 2 heterocycles. The van der Waals surface area contributed by atoms with Crippen LogP contribution in [-0.4, -0.2) is 28.2 Å². The van der Waals surface area contributed by atoms with Gasteiger partial charge in [0, 0.05) is 17.1 Å². The normalized spacial score (nSPS) is 15.9. The van der Waals surface area contributed by atoms with Gasteiger partial charge in [0.25, 0.3) is 5.91 Å². The smallest absolute Gasteiger partial charge is 0.338 e. The first kappa shape index (κ1) is 21.6.